The van der Waals surface area contributed by atoms with Crippen LogP contribution in [0.3, 0.4) is 0 Å². The average Bonchev–Trinajstić information content (AvgIpc) is 2.64. The molecule has 0 radical (unpaired) electrons. The van der Waals surface area contributed by atoms with Gasteiger partial charge < -0.3 is 14.6 Å². The fraction of sp³-hybridized carbons (Fsp3) is 0.381. The Hall–Kier alpha value is -1.20. The Morgan fingerprint density at radius 2 is 1.58 bits per heavy atom. The van der Waals surface area contributed by atoms with Gasteiger partial charge in [0, 0.05) is 12.0 Å². The van der Waals surface area contributed by atoms with E-state index in [1.54, 1.807) is 12.1 Å². The molecule has 0 N–H and O–H groups in total. The molecule has 1 aliphatic carbocycles. The Bertz CT molecular complexity index is 723. The van der Waals surface area contributed by atoms with Gasteiger partial charge in [0.25, 0.3) is 0 Å². The largest absolute Gasteiger partial charge is 1.00 e. The summed E-state index contributed by atoms with van der Waals surface area (Å²) in [5.74, 6) is -1.33. The SMILES string of the molecule is CCOC1(c2ccc(F)cc2)CCC(C(=O)[O-])(c2ccccc2)CC1.[Na+]. The van der Waals surface area contributed by atoms with Crippen LogP contribution in [0.1, 0.15) is 43.7 Å². The van der Waals surface area contributed by atoms with Gasteiger partial charge in [0.15, 0.2) is 0 Å². The first kappa shape index (κ1) is 21.1. The first-order chi connectivity index (χ1) is 12.0. The molecule has 0 amide bonds. The van der Waals surface area contributed by atoms with Crippen molar-refractivity contribution >= 4 is 5.97 Å². The number of hydrogen-bond acceptors (Lipinski definition) is 3. The molecular formula is C21H22FNaO3. The Kier molecular flexibility index (Phi) is 7.03. The van der Waals surface area contributed by atoms with E-state index in [-0.39, 0.29) is 35.4 Å². The molecule has 0 bridgehead atoms. The Morgan fingerprint density at radius 1 is 1.00 bits per heavy atom. The van der Waals surface area contributed by atoms with Crippen LogP contribution in [0, 0.1) is 5.82 Å². The number of aliphatic carboxylic acids is 1. The molecule has 3 nitrogen and oxygen atoms in total. The molecule has 5 heteroatoms. The Morgan fingerprint density at radius 3 is 2.08 bits per heavy atom. The van der Waals surface area contributed by atoms with Crippen molar-refractivity contribution in [2.75, 3.05) is 6.61 Å². The van der Waals surface area contributed by atoms with Gasteiger partial charge in [-0.15, -0.1) is 0 Å². The van der Waals surface area contributed by atoms with E-state index >= 15 is 0 Å². The molecule has 1 aliphatic rings. The number of carboxylic acid groups (broad SMARTS) is 1. The zero-order chi connectivity index (χ0) is 17.9. The van der Waals surface area contributed by atoms with Crippen molar-refractivity contribution in [3.63, 3.8) is 0 Å². The number of carbonyl (C=O) groups excluding carboxylic acids is 1. The topological polar surface area (TPSA) is 49.4 Å². The third-order valence-electron chi connectivity index (χ3n) is 5.42. The van der Waals surface area contributed by atoms with Crippen LogP contribution in [0.2, 0.25) is 0 Å². The number of ether oxygens (including phenoxy) is 1. The normalized spacial score (nSPS) is 25.3. The van der Waals surface area contributed by atoms with Gasteiger partial charge in [-0.3, -0.25) is 0 Å². The number of carbonyl (C=O) groups is 1. The van der Waals surface area contributed by atoms with E-state index in [0.29, 0.717) is 32.3 Å². The zero-order valence-electron chi connectivity index (χ0n) is 15.3. The van der Waals surface area contributed by atoms with Crippen LogP contribution in [0.15, 0.2) is 54.6 Å². The van der Waals surface area contributed by atoms with Crippen molar-refractivity contribution in [3.05, 3.63) is 71.5 Å². The summed E-state index contributed by atoms with van der Waals surface area (Å²) >= 11 is 0. The fourth-order valence-electron chi connectivity index (χ4n) is 3.99. The summed E-state index contributed by atoms with van der Waals surface area (Å²) < 4.78 is 19.4. The van der Waals surface area contributed by atoms with E-state index in [9.17, 15) is 14.3 Å². The summed E-state index contributed by atoms with van der Waals surface area (Å²) in [5.41, 5.74) is 0.105. The molecule has 1 fully saturated rings. The van der Waals surface area contributed by atoms with Crippen LogP contribution in [-0.4, -0.2) is 12.6 Å². The molecule has 0 unspecified atom stereocenters. The molecule has 2 aromatic carbocycles. The zero-order valence-corrected chi connectivity index (χ0v) is 17.3. The van der Waals surface area contributed by atoms with Crippen molar-refractivity contribution in [3.8, 4) is 0 Å². The minimum Gasteiger partial charge on any atom is -0.549 e. The smallest absolute Gasteiger partial charge is 0.549 e. The maximum Gasteiger partial charge on any atom is 1.00 e. The minimum atomic E-state index is -1.04. The molecule has 0 spiro atoms. The fourth-order valence-corrected chi connectivity index (χ4v) is 3.99. The molecular weight excluding hydrogens is 342 g/mol. The van der Waals surface area contributed by atoms with Crippen LogP contribution in [0.4, 0.5) is 4.39 Å². The summed E-state index contributed by atoms with van der Waals surface area (Å²) in [5, 5.41) is 12.0. The van der Waals surface area contributed by atoms with Crippen molar-refractivity contribution < 1.29 is 48.6 Å². The molecule has 0 saturated heterocycles. The van der Waals surface area contributed by atoms with Gasteiger partial charge in [0.2, 0.25) is 0 Å². The molecule has 0 aromatic heterocycles. The second-order valence-corrected chi connectivity index (χ2v) is 6.67. The Balaban J connectivity index is 0.00000243. The minimum absolute atomic E-state index is 0. The Labute approximate surface area is 175 Å². The monoisotopic (exact) mass is 364 g/mol. The summed E-state index contributed by atoms with van der Waals surface area (Å²) in [6, 6.07) is 15.6. The number of halogens is 1. The number of rotatable bonds is 5. The maximum atomic E-state index is 13.3. The molecule has 0 atom stereocenters. The second kappa shape index (κ2) is 8.66. The van der Waals surface area contributed by atoms with E-state index in [1.165, 1.54) is 12.1 Å². The molecule has 0 aliphatic heterocycles. The van der Waals surface area contributed by atoms with E-state index in [4.69, 9.17) is 4.74 Å². The van der Waals surface area contributed by atoms with Gasteiger partial charge in [-0.25, -0.2) is 4.39 Å². The standard InChI is InChI=1S/C21H23FO3.Na/c1-2-25-21(17-8-10-18(22)11-9-17)14-12-20(13-15-21,19(23)24)16-6-4-3-5-7-16;/h3-11H,2,12-15H2,1H3,(H,23,24);/q;+1/p-1. The summed E-state index contributed by atoms with van der Waals surface area (Å²) in [6.07, 6.45) is 1.96. The first-order valence-electron chi connectivity index (χ1n) is 8.69. The van der Waals surface area contributed by atoms with E-state index in [0.717, 1.165) is 11.1 Å². The van der Waals surface area contributed by atoms with Crippen molar-refractivity contribution in [2.45, 2.75) is 43.6 Å². The molecule has 2 aromatic rings. The van der Waals surface area contributed by atoms with Gasteiger partial charge >= 0.3 is 29.6 Å². The number of carboxylic acids is 1. The summed E-state index contributed by atoms with van der Waals surface area (Å²) in [4.78, 5) is 12.0. The van der Waals surface area contributed by atoms with Gasteiger partial charge in [-0.05, 0) is 55.9 Å². The van der Waals surface area contributed by atoms with E-state index in [2.05, 4.69) is 0 Å². The molecule has 26 heavy (non-hydrogen) atoms. The average molecular weight is 364 g/mol. The van der Waals surface area contributed by atoms with Gasteiger partial charge in [-0.2, -0.15) is 0 Å². The van der Waals surface area contributed by atoms with Crippen molar-refractivity contribution in [1.29, 1.82) is 0 Å². The van der Waals surface area contributed by atoms with Crippen molar-refractivity contribution in [1.82, 2.24) is 0 Å². The maximum absolute atomic E-state index is 13.3. The first-order valence-corrected chi connectivity index (χ1v) is 8.69. The van der Waals surface area contributed by atoms with Crippen molar-refractivity contribution in [2.24, 2.45) is 0 Å². The van der Waals surface area contributed by atoms with Crippen LogP contribution >= 0.6 is 0 Å². The van der Waals surface area contributed by atoms with E-state index in [1.807, 2.05) is 37.3 Å². The number of benzene rings is 2. The van der Waals surface area contributed by atoms with Crippen LogP contribution < -0.4 is 34.7 Å². The molecule has 1 saturated carbocycles. The van der Waals surface area contributed by atoms with Gasteiger partial charge in [0.1, 0.15) is 5.82 Å². The predicted octanol–water partition coefficient (Wildman–Crippen LogP) is 0.323. The van der Waals surface area contributed by atoms with Gasteiger partial charge in [0.05, 0.1) is 11.6 Å². The third-order valence-corrected chi connectivity index (χ3v) is 5.42. The third kappa shape index (κ3) is 3.89. The van der Waals surface area contributed by atoms with Crippen LogP contribution in [-0.2, 0) is 20.5 Å². The van der Waals surface area contributed by atoms with Gasteiger partial charge in [-0.1, -0.05) is 42.5 Å². The molecule has 0 heterocycles. The van der Waals surface area contributed by atoms with Crippen LogP contribution in [0.5, 0.6) is 0 Å². The van der Waals surface area contributed by atoms with E-state index < -0.39 is 17.0 Å². The summed E-state index contributed by atoms with van der Waals surface area (Å²) in [7, 11) is 0. The number of hydrogen-bond donors (Lipinski definition) is 0. The molecule has 132 valence electrons. The van der Waals surface area contributed by atoms with Crippen LogP contribution in [0.25, 0.3) is 0 Å². The predicted molar refractivity (Wildman–Crippen MR) is 91.3 cm³/mol. The molecule has 3 rings (SSSR count). The second-order valence-electron chi connectivity index (χ2n) is 6.67. The summed E-state index contributed by atoms with van der Waals surface area (Å²) in [6.45, 7) is 2.43. The quantitative estimate of drug-likeness (QED) is 0.719.